The number of aliphatic hydroxyl groups is 1. The first-order valence-electron chi connectivity index (χ1n) is 5.63. The second kappa shape index (κ2) is 5.14. The number of amidine groups is 1. The smallest absolute Gasteiger partial charge is 0.136 e. The Bertz CT molecular complexity index is 434. The van der Waals surface area contributed by atoms with Gasteiger partial charge in [0.1, 0.15) is 11.7 Å². The molecule has 0 unspecified atom stereocenters. The van der Waals surface area contributed by atoms with Gasteiger partial charge in [0.2, 0.25) is 0 Å². The summed E-state index contributed by atoms with van der Waals surface area (Å²) < 4.78 is 13.9. The Kier molecular flexibility index (Phi) is 3.58. The van der Waals surface area contributed by atoms with Crippen molar-refractivity contribution in [3.8, 4) is 0 Å². The van der Waals surface area contributed by atoms with Gasteiger partial charge in [-0.2, -0.15) is 0 Å². The standard InChI is InChI=1S/C12H16FN3O/c1-16(7-8-17)10-4-2-3-9(13)11(10)12-14-5-6-15-12/h2-4,17H,5-8H2,1H3,(H,14,15). The van der Waals surface area contributed by atoms with E-state index in [1.165, 1.54) is 6.07 Å². The van der Waals surface area contributed by atoms with E-state index in [4.69, 9.17) is 5.11 Å². The fraction of sp³-hybridized carbons (Fsp3) is 0.417. The number of nitrogens with zero attached hydrogens (tertiary/aromatic N) is 2. The molecule has 1 heterocycles. The number of rotatable bonds is 4. The largest absolute Gasteiger partial charge is 0.395 e. The molecule has 0 amide bonds. The van der Waals surface area contributed by atoms with Gasteiger partial charge in [0.15, 0.2) is 0 Å². The van der Waals surface area contributed by atoms with Crippen molar-refractivity contribution in [1.82, 2.24) is 5.32 Å². The monoisotopic (exact) mass is 237 g/mol. The average molecular weight is 237 g/mol. The number of aliphatic imine (C=N–C) groups is 1. The zero-order valence-electron chi connectivity index (χ0n) is 9.78. The third-order valence-electron chi connectivity index (χ3n) is 2.75. The van der Waals surface area contributed by atoms with Crippen LogP contribution in [0.4, 0.5) is 10.1 Å². The van der Waals surface area contributed by atoms with Crippen LogP contribution in [0.3, 0.4) is 0 Å². The van der Waals surface area contributed by atoms with Crippen LogP contribution in [0.2, 0.25) is 0 Å². The minimum Gasteiger partial charge on any atom is -0.395 e. The lowest BCUT2D eigenvalue weighted by Gasteiger charge is -2.21. The van der Waals surface area contributed by atoms with Crippen molar-refractivity contribution >= 4 is 11.5 Å². The Morgan fingerprint density at radius 3 is 3.00 bits per heavy atom. The van der Waals surface area contributed by atoms with Crippen molar-refractivity contribution in [2.45, 2.75) is 0 Å². The molecule has 4 nitrogen and oxygen atoms in total. The lowest BCUT2D eigenvalue weighted by atomic mass is 10.1. The molecule has 5 heteroatoms. The van der Waals surface area contributed by atoms with Gasteiger partial charge in [0, 0.05) is 20.1 Å². The van der Waals surface area contributed by atoms with E-state index in [2.05, 4.69) is 10.3 Å². The Labute approximate surface area is 99.8 Å². The minimum atomic E-state index is -0.291. The van der Waals surface area contributed by atoms with Gasteiger partial charge in [-0.3, -0.25) is 4.99 Å². The van der Waals surface area contributed by atoms with Crippen LogP contribution < -0.4 is 10.2 Å². The Balaban J connectivity index is 2.40. The van der Waals surface area contributed by atoms with E-state index in [-0.39, 0.29) is 12.4 Å². The van der Waals surface area contributed by atoms with Crippen molar-refractivity contribution in [1.29, 1.82) is 0 Å². The van der Waals surface area contributed by atoms with Gasteiger partial charge in [-0.25, -0.2) is 4.39 Å². The van der Waals surface area contributed by atoms with Crippen LogP contribution in [-0.2, 0) is 0 Å². The van der Waals surface area contributed by atoms with Crippen LogP contribution in [0.1, 0.15) is 5.56 Å². The first-order valence-corrected chi connectivity index (χ1v) is 5.63. The fourth-order valence-electron chi connectivity index (χ4n) is 1.90. The number of likely N-dealkylation sites (N-methyl/N-ethyl adjacent to an activating group) is 1. The molecule has 17 heavy (non-hydrogen) atoms. The lowest BCUT2D eigenvalue weighted by Crippen LogP contribution is -2.27. The van der Waals surface area contributed by atoms with E-state index in [0.29, 0.717) is 24.5 Å². The molecule has 2 N–H and O–H groups in total. The number of aliphatic hydroxyl groups excluding tert-OH is 1. The molecular weight excluding hydrogens is 221 g/mol. The highest BCUT2D eigenvalue weighted by Gasteiger charge is 2.19. The number of nitrogens with one attached hydrogen (secondary N) is 1. The summed E-state index contributed by atoms with van der Waals surface area (Å²) in [7, 11) is 1.82. The van der Waals surface area contributed by atoms with Crippen molar-refractivity contribution in [2.24, 2.45) is 4.99 Å². The summed E-state index contributed by atoms with van der Waals surface area (Å²) in [6.45, 7) is 1.91. The molecule has 0 atom stereocenters. The summed E-state index contributed by atoms with van der Waals surface area (Å²) in [5, 5.41) is 12.0. The van der Waals surface area contributed by atoms with Crippen LogP contribution in [0.25, 0.3) is 0 Å². The van der Waals surface area contributed by atoms with E-state index in [1.807, 2.05) is 18.0 Å². The molecule has 0 saturated carbocycles. The van der Waals surface area contributed by atoms with Crippen molar-refractivity contribution in [2.75, 3.05) is 38.2 Å². The maximum atomic E-state index is 13.9. The van der Waals surface area contributed by atoms with Gasteiger partial charge >= 0.3 is 0 Å². The van der Waals surface area contributed by atoms with Crippen molar-refractivity contribution < 1.29 is 9.50 Å². The molecule has 92 valence electrons. The van der Waals surface area contributed by atoms with Gasteiger partial charge in [0.05, 0.1) is 24.4 Å². The molecule has 0 bridgehead atoms. The van der Waals surface area contributed by atoms with Crippen LogP contribution in [0.5, 0.6) is 0 Å². The van der Waals surface area contributed by atoms with Gasteiger partial charge in [0.25, 0.3) is 0 Å². The third-order valence-corrected chi connectivity index (χ3v) is 2.75. The summed E-state index contributed by atoms with van der Waals surface area (Å²) in [6, 6.07) is 4.92. The highest BCUT2D eigenvalue weighted by atomic mass is 19.1. The predicted octanol–water partition coefficient (Wildman–Crippen LogP) is 0.604. The normalized spacial score (nSPS) is 14.4. The van der Waals surface area contributed by atoms with Gasteiger partial charge < -0.3 is 15.3 Å². The van der Waals surface area contributed by atoms with E-state index < -0.39 is 0 Å². The predicted molar refractivity (Wildman–Crippen MR) is 66.2 cm³/mol. The highest BCUT2D eigenvalue weighted by Crippen LogP contribution is 2.23. The Morgan fingerprint density at radius 2 is 2.35 bits per heavy atom. The molecule has 0 aromatic heterocycles. The molecular formula is C12H16FN3O. The quantitative estimate of drug-likeness (QED) is 0.806. The molecule has 2 rings (SSSR count). The second-order valence-electron chi connectivity index (χ2n) is 3.94. The molecule has 1 aromatic carbocycles. The zero-order chi connectivity index (χ0) is 12.3. The van der Waals surface area contributed by atoms with Gasteiger partial charge in [-0.1, -0.05) is 6.07 Å². The third kappa shape index (κ3) is 2.39. The van der Waals surface area contributed by atoms with Gasteiger partial charge in [-0.05, 0) is 12.1 Å². The summed E-state index contributed by atoms with van der Waals surface area (Å²) in [5.41, 5.74) is 1.23. The molecule has 0 aliphatic carbocycles. The van der Waals surface area contributed by atoms with Crippen LogP contribution in [0.15, 0.2) is 23.2 Å². The molecule has 0 fully saturated rings. The molecule has 0 radical (unpaired) electrons. The summed E-state index contributed by atoms with van der Waals surface area (Å²) in [4.78, 5) is 6.07. The SMILES string of the molecule is CN(CCO)c1cccc(F)c1C1=NCCN1. The van der Waals surface area contributed by atoms with Crippen LogP contribution in [-0.4, -0.2) is 44.2 Å². The molecule has 1 aliphatic heterocycles. The first-order chi connectivity index (χ1) is 8.24. The lowest BCUT2D eigenvalue weighted by molar-refractivity contribution is 0.304. The number of anilines is 1. The zero-order valence-corrected chi connectivity index (χ0v) is 9.78. The number of hydrogen-bond donors (Lipinski definition) is 2. The van der Waals surface area contributed by atoms with Crippen LogP contribution >= 0.6 is 0 Å². The van der Waals surface area contributed by atoms with Crippen LogP contribution in [0, 0.1) is 5.82 Å². The van der Waals surface area contributed by atoms with Crippen molar-refractivity contribution in [3.05, 3.63) is 29.6 Å². The number of benzene rings is 1. The molecule has 0 saturated heterocycles. The number of hydrogen-bond acceptors (Lipinski definition) is 4. The van der Waals surface area contributed by atoms with E-state index in [9.17, 15) is 4.39 Å². The average Bonchev–Trinajstić information content (AvgIpc) is 2.82. The maximum absolute atomic E-state index is 13.9. The topological polar surface area (TPSA) is 47.9 Å². The summed E-state index contributed by atoms with van der Waals surface area (Å²) >= 11 is 0. The molecule has 0 spiro atoms. The van der Waals surface area contributed by atoms with E-state index >= 15 is 0 Å². The Hall–Kier alpha value is -1.62. The maximum Gasteiger partial charge on any atom is 0.136 e. The summed E-state index contributed by atoms with van der Waals surface area (Å²) in [5.74, 6) is 0.309. The van der Waals surface area contributed by atoms with E-state index in [0.717, 1.165) is 12.2 Å². The second-order valence-corrected chi connectivity index (χ2v) is 3.94. The summed E-state index contributed by atoms with van der Waals surface area (Å²) in [6.07, 6.45) is 0. The van der Waals surface area contributed by atoms with E-state index in [1.54, 1.807) is 6.07 Å². The molecule has 1 aromatic rings. The first kappa shape index (κ1) is 11.9. The minimum absolute atomic E-state index is 0.0341. The molecule has 1 aliphatic rings. The Morgan fingerprint density at radius 1 is 1.53 bits per heavy atom. The van der Waals surface area contributed by atoms with Crippen molar-refractivity contribution in [3.63, 3.8) is 0 Å². The number of halogens is 1. The highest BCUT2D eigenvalue weighted by molar-refractivity contribution is 6.04. The fourth-order valence-corrected chi connectivity index (χ4v) is 1.90. The van der Waals surface area contributed by atoms with Gasteiger partial charge in [-0.15, -0.1) is 0 Å².